The third kappa shape index (κ3) is 8.21. The van der Waals surface area contributed by atoms with Crippen LogP contribution in [0.25, 0.3) is 0 Å². The second-order valence-corrected chi connectivity index (χ2v) is 6.05. The van der Waals surface area contributed by atoms with E-state index < -0.39 is 0 Å². The molecule has 1 aliphatic rings. The molecule has 2 atom stereocenters. The van der Waals surface area contributed by atoms with Crippen molar-refractivity contribution in [2.75, 3.05) is 40.4 Å². The monoisotopic (exact) mass is 412 g/mol. The molecule has 0 spiro atoms. The Kier molecular flexibility index (Phi) is 11.4. The van der Waals surface area contributed by atoms with Crippen molar-refractivity contribution in [3.8, 4) is 0 Å². The highest BCUT2D eigenvalue weighted by atomic mass is 127. The van der Waals surface area contributed by atoms with Gasteiger partial charge in [0.2, 0.25) is 0 Å². The van der Waals surface area contributed by atoms with E-state index in [1.54, 1.807) is 7.11 Å². The number of guanidine groups is 1. The molecule has 2 N–H and O–H groups in total. The van der Waals surface area contributed by atoms with Crippen molar-refractivity contribution in [2.45, 2.75) is 45.7 Å². The molecule has 0 aromatic heterocycles. The summed E-state index contributed by atoms with van der Waals surface area (Å²) in [5, 5.41) is 6.79. The SMILES string of the molecule is CN=C(NCC1CCCN(C(C)C)C1)NC(C)COC.I. The number of aliphatic imine (C=N–C) groups is 1. The highest BCUT2D eigenvalue weighted by Crippen LogP contribution is 2.17. The first-order valence-corrected chi connectivity index (χ1v) is 7.77. The van der Waals surface area contributed by atoms with Crippen molar-refractivity contribution in [1.29, 1.82) is 0 Å². The molecule has 0 aromatic rings. The molecule has 0 amide bonds. The molecule has 6 heteroatoms. The number of piperidine rings is 1. The fourth-order valence-electron chi connectivity index (χ4n) is 2.69. The second kappa shape index (κ2) is 11.5. The third-order valence-electron chi connectivity index (χ3n) is 3.86. The van der Waals surface area contributed by atoms with E-state index in [1.807, 2.05) is 7.05 Å². The van der Waals surface area contributed by atoms with E-state index in [9.17, 15) is 0 Å². The number of hydrogen-bond donors (Lipinski definition) is 2. The van der Waals surface area contributed by atoms with Crippen molar-refractivity contribution in [2.24, 2.45) is 10.9 Å². The molecular formula is C15H33IN4O. The van der Waals surface area contributed by atoms with Gasteiger partial charge in [0.15, 0.2) is 5.96 Å². The lowest BCUT2D eigenvalue weighted by Gasteiger charge is -2.35. The van der Waals surface area contributed by atoms with Crippen LogP contribution in [-0.4, -0.2) is 63.3 Å². The van der Waals surface area contributed by atoms with E-state index in [2.05, 4.69) is 41.3 Å². The van der Waals surface area contributed by atoms with E-state index in [0.717, 1.165) is 12.5 Å². The Bertz CT molecular complexity index is 299. The van der Waals surface area contributed by atoms with Gasteiger partial charge in [-0.25, -0.2) is 0 Å². The van der Waals surface area contributed by atoms with E-state index in [4.69, 9.17) is 4.74 Å². The Morgan fingerprint density at radius 2 is 2.10 bits per heavy atom. The fraction of sp³-hybridized carbons (Fsp3) is 0.933. The Labute approximate surface area is 147 Å². The van der Waals surface area contributed by atoms with Gasteiger partial charge in [-0.15, -0.1) is 24.0 Å². The van der Waals surface area contributed by atoms with Crippen LogP contribution in [-0.2, 0) is 4.74 Å². The van der Waals surface area contributed by atoms with Crippen molar-refractivity contribution < 1.29 is 4.74 Å². The average molecular weight is 412 g/mol. The molecule has 1 aliphatic heterocycles. The van der Waals surface area contributed by atoms with Gasteiger partial charge in [0.1, 0.15) is 0 Å². The van der Waals surface area contributed by atoms with Crippen LogP contribution in [0.4, 0.5) is 0 Å². The first-order valence-electron chi connectivity index (χ1n) is 7.77. The smallest absolute Gasteiger partial charge is 0.191 e. The minimum Gasteiger partial charge on any atom is -0.383 e. The lowest BCUT2D eigenvalue weighted by molar-refractivity contribution is 0.141. The minimum absolute atomic E-state index is 0. The highest BCUT2D eigenvalue weighted by molar-refractivity contribution is 14.0. The van der Waals surface area contributed by atoms with Crippen molar-refractivity contribution >= 4 is 29.9 Å². The number of methoxy groups -OCH3 is 1. The van der Waals surface area contributed by atoms with Gasteiger partial charge in [0.05, 0.1) is 6.61 Å². The summed E-state index contributed by atoms with van der Waals surface area (Å²) in [7, 11) is 3.53. The van der Waals surface area contributed by atoms with Crippen LogP contribution in [0, 0.1) is 5.92 Å². The number of nitrogens with one attached hydrogen (secondary N) is 2. The number of nitrogens with zero attached hydrogens (tertiary/aromatic N) is 2. The number of rotatable bonds is 6. The molecule has 126 valence electrons. The predicted molar refractivity (Wildman–Crippen MR) is 101 cm³/mol. The molecule has 2 unspecified atom stereocenters. The summed E-state index contributed by atoms with van der Waals surface area (Å²) >= 11 is 0. The molecule has 21 heavy (non-hydrogen) atoms. The third-order valence-corrected chi connectivity index (χ3v) is 3.86. The maximum atomic E-state index is 5.13. The highest BCUT2D eigenvalue weighted by Gasteiger charge is 2.21. The number of halogens is 1. The van der Waals surface area contributed by atoms with Gasteiger partial charge in [-0.3, -0.25) is 4.99 Å². The Balaban J connectivity index is 0.00000400. The zero-order valence-electron chi connectivity index (χ0n) is 14.2. The summed E-state index contributed by atoms with van der Waals surface area (Å²) in [5.41, 5.74) is 0. The van der Waals surface area contributed by atoms with E-state index >= 15 is 0 Å². The molecule has 0 aromatic carbocycles. The zero-order chi connectivity index (χ0) is 15.0. The van der Waals surface area contributed by atoms with Crippen LogP contribution < -0.4 is 10.6 Å². The summed E-state index contributed by atoms with van der Waals surface area (Å²) in [6.45, 7) is 10.8. The minimum atomic E-state index is 0. The molecule has 1 saturated heterocycles. The summed E-state index contributed by atoms with van der Waals surface area (Å²) in [6, 6.07) is 0.918. The Morgan fingerprint density at radius 1 is 1.38 bits per heavy atom. The fourth-order valence-corrected chi connectivity index (χ4v) is 2.69. The van der Waals surface area contributed by atoms with Crippen molar-refractivity contribution in [3.63, 3.8) is 0 Å². The van der Waals surface area contributed by atoms with Crippen LogP contribution in [0.1, 0.15) is 33.6 Å². The van der Waals surface area contributed by atoms with Crippen LogP contribution in [0.15, 0.2) is 4.99 Å². The van der Waals surface area contributed by atoms with Crippen LogP contribution >= 0.6 is 24.0 Å². The number of likely N-dealkylation sites (tertiary alicyclic amines) is 1. The number of ether oxygens (including phenoxy) is 1. The zero-order valence-corrected chi connectivity index (χ0v) is 16.5. The molecule has 0 radical (unpaired) electrons. The van der Waals surface area contributed by atoms with Crippen molar-refractivity contribution in [3.05, 3.63) is 0 Å². The summed E-state index contributed by atoms with van der Waals surface area (Å²) < 4.78 is 5.13. The van der Waals surface area contributed by atoms with Gasteiger partial charge < -0.3 is 20.3 Å². The normalized spacial score (nSPS) is 21.8. The van der Waals surface area contributed by atoms with Gasteiger partial charge >= 0.3 is 0 Å². The molecule has 0 saturated carbocycles. The second-order valence-electron chi connectivity index (χ2n) is 6.05. The summed E-state index contributed by atoms with van der Waals surface area (Å²) in [5.74, 6) is 1.58. The Morgan fingerprint density at radius 3 is 2.67 bits per heavy atom. The lowest BCUT2D eigenvalue weighted by Crippen LogP contribution is -2.48. The molecule has 1 rings (SSSR count). The lowest BCUT2D eigenvalue weighted by atomic mass is 9.97. The van der Waals surface area contributed by atoms with Crippen molar-refractivity contribution in [1.82, 2.24) is 15.5 Å². The molecular weight excluding hydrogens is 379 g/mol. The first-order chi connectivity index (χ1) is 9.56. The van der Waals surface area contributed by atoms with Gasteiger partial charge in [-0.2, -0.15) is 0 Å². The molecule has 0 aliphatic carbocycles. The van der Waals surface area contributed by atoms with Gasteiger partial charge in [0.25, 0.3) is 0 Å². The number of hydrogen-bond acceptors (Lipinski definition) is 3. The maximum absolute atomic E-state index is 5.13. The summed E-state index contributed by atoms with van der Waals surface area (Å²) in [4.78, 5) is 6.84. The van der Waals surface area contributed by atoms with Gasteiger partial charge in [0, 0.05) is 39.3 Å². The molecule has 1 fully saturated rings. The van der Waals surface area contributed by atoms with Crippen LogP contribution in [0.3, 0.4) is 0 Å². The standard InChI is InChI=1S/C15H32N4O.HI/c1-12(2)19-8-6-7-14(10-19)9-17-15(16-4)18-13(3)11-20-5;/h12-14H,6-11H2,1-5H3,(H2,16,17,18);1H. The quantitative estimate of drug-likeness (QED) is 0.398. The van der Waals surface area contributed by atoms with Gasteiger partial charge in [-0.1, -0.05) is 0 Å². The van der Waals surface area contributed by atoms with E-state index in [-0.39, 0.29) is 30.0 Å². The summed E-state index contributed by atoms with van der Waals surface area (Å²) in [6.07, 6.45) is 2.61. The maximum Gasteiger partial charge on any atom is 0.191 e. The largest absolute Gasteiger partial charge is 0.383 e. The van der Waals surface area contributed by atoms with Gasteiger partial charge in [-0.05, 0) is 46.1 Å². The molecule has 0 bridgehead atoms. The Hall–Kier alpha value is -0.0800. The molecule has 5 nitrogen and oxygen atoms in total. The first kappa shape index (κ1) is 20.9. The van der Waals surface area contributed by atoms with Crippen LogP contribution in [0.2, 0.25) is 0 Å². The topological polar surface area (TPSA) is 48.9 Å². The van der Waals surface area contributed by atoms with E-state index in [0.29, 0.717) is 18.6 Å². The predicted octanol–water partition coefficient (Wildman–Crippen LogP) is 1.92. The molecule has 1 heterocycles. The average Bonchev–Trinajstić information content (AvgIpc) is 2.44. The van der Waals surface area contributed by atoms with Crippen LogP contribution in [0.5, 0.6) is 0 Å². The van der Waals surface area contributed by atoms with E-state index in [1.165, 1.54) is 25.9 Å².